The number of carbonyl (C=O) groups is 3. The summed E-state index contributed by atoms with van der Waals surface area (Å²) in [5, 5.41) is 3.25. The van der Waals surface area contributed by atoms with Crippen LogP contribution in [0.3, 0.4) is 0 Å². The van der Waals surface area contributed by atoms with Crippen molar-refractivity contribution in [1.82, 2.24) is 5.32 Å². The number of ether oxygens (including phenoxy) is 2. The highest BCUT2D eigenvalue weighted by atomic mass is 35.5. The lowest BCUT2D eigenvalue weighted by Crippen LogP contribution is -2.32. The molecule has 2 aromatic carbocycles. The van der Waals surface area contributed by atoms with E-state index < -0.39 is 18.5 Å². The molecule has 1 atom stereocenters. The Kier molecular flexibility index (Phi) is 7.17. The van der Waals surface area contributed by atoms with E-state index in [1.165, 1.54) is 0 Å². The number of amides is 1. The number of esters is 1. The second kappa shape index (κ2) is 9.58. The van der Waals surface area contributed by atoms with E-state index in [-0.39, 0.29) is 12.6 Å². The Hall–Kier alpha value is -2.86. The first-order valence-corrected chi connectivity index (χ1v) is 8.25. The van der Waals surface area contributed by atoms with Crippen molar-refractivity contribution in [2.75, 3.05) is 13.2 Å². The summed E-state index contributed by atoms with van der Waals surface area (Å²) < 4.78 is 10.1. The third kappa shape index (κ3) is 5.89. The predicted molar refractivity (Wildman–Crippen MR) is 96.3 cm³/mol. The van der Waals surface area contributed by atoms with Crippen LogP contribution in [-0.2, 0) is 14.3 Å². The average molecular weight is 376 g/mol. The second-order valence-electron chi connectivity index (χ2n) is 5.45. The van der Waals surface area contributed by atoms with Gasteiger partial charge in [-0.3, -0.25) is 9.59 Å². The van der Waals surface area contributed by atoms with Gasteiger partial charge in [-0.2, -0.15) is 0 Å². The number of benzene rings is 2. The van der Waals surface area contributed by atoms with E-state index in [0.29, 0.717) is 22.6 Å². The molecule has 0 radical (unpaired) electrons. The summed E-state index contributed by atoms with van der Waals surface area (Å²) in [4.78, 5) is 34.1. The van der Waals surface area contributed by atoms with Crippen LogP contribution in [0.1, 0.15) is 28.9 Å². The fourth-order valence-electron chi connectivity index (χ4n) is 2.16. The van der Waals surface area contributed by atoms with Gasteiger partial charge >= 0.3 is 5.97 Å². The van der Waals surface area contributed by atoms with Crippen LogP contribution < -0.4 is 10.1 Å². The minimum atomic E-state index is -0.676. The van der Waals surface area contributed by atoms with Crippen molar-refractivity contribution < 1.29 is 23.9 Å². The maximum Gasteiger partial charge on any atom is 0.344 e. The zero-order chi connectivity index (χ0) is 18.9. The van der Waals surface area contributed by atoms with E-state index >= 15 is 0 Å². The maximum absolute atomic E-state index is 11.9. The summed E-state index contributed by atoms with van der Waals surface area (Å²) in [7, 11) is 0. The van der Waals surface area contributed by atoms with Crippen molar-refractivity contribution >= 4 is 29.8 Å². The number of carbonyl (C=O) groups excluding carboxylic acids is 3. The summed E-state index contributed by atoms with van der Waals surface area (Å²) in [6, 6.07) is 13.1. The van der Waals surface area contributed by atoms with Crippen LogP contribution >= 0.6 is 11.6 Å². The monoisotopic (exact) mass is 375 g/mol. The van der Waals surface area contributed by atoms with Gasteiger partial charge in [-0.15, -0.1) is 0 Å². The molecule has 0 aromatic heterocycles. The minimum absolute atomic E-state index is 0.317. The van der Waals surface area contributed by atoms with Gasteiger partial charge in [0.25, 0.3) is 5.91 Å². The first kappa shape index (κ1) is 19.5. The van der Waals surface area contributed by atoms with Gasteiger partial charge in [-0.05, 0) is 42.8 Å². The summed E-state index contributed by atoms with van der Waals surface area (Å²) in [5.74, 6) is -0.699. The molecule has 6 nitrogen and oxygen atoms in total. The summed E-state index contributed by atoms with van der Waals surface area (Å²) in [6.07, 6.45) is 0.709. The van der Waals surface area contributed by atoms with Crippen molar-refractivity contribution in [2.24, 2.45) is 0 Å². The molecule has 0 fully saturated rings. The van der Waals surface area contributed by atoms with E-state index in [4.69, 9.17) is 21.1 Å². The van der Waals surface area contributed by atoms with E-state index in [9.17, 15) is 14.4 Å². The van der Waals surface area contributed by atoms with Gasteiger partial charge in [0.05, 0.1) is 6.04 Å². The second-order valence-corrected chi connectivity index (χ2v) is 5.85. The van der Waals surface area contributed by atoms with Gasteiger partial charge in [-0.25, -0.2) is 4.79 Å². The van der Waals surface area contributed by atoms with Gasteiger partial charge in [0.15, 0.2) is 13.2 Å². The lowest BCUT2D eigenvalue weighted by Gasteiger charge is -2.15. The molecule has 0 spiro atoms. The standard InChI is InChI=1S/C19H18ClNO5/c1-13(16-4-2-3-5-17(16)20)21-18(23)11-26-19(24)12-25-15-8-6-14(10-22)7-9-15/h2-10,13H,11-12H2,1H3,(H,21,23)/t13-/m1/s1. The third-order valence-corrected chi connectivity index (χ3v) is 3.83. The Morgan fingerprint density at radius 2 is 1.81 bits per heavy atom. The molecule has 2 aromatic rings. The smallest absolute Gasteiger partial charge is 0.344 e. The molecule has 1 amide bonds. The largest absolute Gasteiger partial charge is 0.482 e. The molecule has 1 N–H and O–H groups in total. The van der Waals surface area contributed by atoms with Crippen LogP contribution in [0.5, 0.6) is 5.75 Å². The van der Waals surface area contributed by atoms with E-state index in [0.717, 1.165) is 5.56 Å². The number of halogens is 1. The number of aldehydes is 1. The topological polar surface area (TPSA) is 81.7 Å². The molecule has 0 saturated carbocycles. The van der Waals surface area contributed by atoms with Crippen molar-refractivity contribution in [2.45, 2.75) is 13.0 Å². The summed E-state index contributed by atoms with van der Waals surface area (Å²) >= 11 is 6.08. The van der Waals surface area contributed by atoms with Gasteiger partial charge in [0.2, 0.25) is 0 Å². The maximum atomic E-state index is 11.9. The summed E-state index contributed by atoms with van der Waals surface area (Å²) in [6.45, 7) is 1.03. The molecule has 7 heteroatoms. The highest BCUT2D eigenvalue weighted by Gasteiger charge is 2.14. The highest BCUT2D eigenvalue weighted by Crippen LogP contribution is 2.21. The Bertz CT molecular complexity index is 776. The number of hydrogen-bond acceptors (Lipinski definition) is 5. The Balaban J connectivity index is 1.73. The Morgan fingerprint density at radius 3 is 2.46 bits per heavy atom. The fourth-order valence-corrected chi connectivity index (χ4v) is 2.46. The zero-order valence-electron chi connectivity index (χ0n) is 14.1. The molecular weight excluding hydrogens is 358 g/mol. The predicted octanol–water partition coefficient (Wildman–Crippen LogP) is 2.95. The lowest BCUT2D eigenvalue weighted by atomic mass is 10.1. The van der Waals surface area contributed by atoms with Gasteiger partial charge in [0.1, 0.15) is 12.0 Å². The third-order valence-electron chi connectivity index (χ3n) is 3.49. The van der Waals surface area contributed by atoms with E-state index in [2.05, 4.69) is 5.32 Å². The number of nitrogens with one attached hydrogen (secondary N) is 1. The van der Waals surface area contributed by atoms with Crippen LogP contribution in [-0.4, -0.2) is 31.4 Å². The molecule has 136 valence electrons. The SMILES string of the molecule is C[C@@H](NC(=O)COC(=O)COc1ccc(C=O)cc1)c1ccccc1Cl. The highest BCUT2D eigenvalue weighted by molar-refractivity contribution is 6.31. The quantitative estimate of drug-likeness (QED) is 0.566. The fraction of sp³-hybridized carbons (Fsp3) is 0.211. The van der Waals surface area contributed by atoms with Crippen LogP contribution in [0.15, 0.2) is 48.5 Å². The normalized spacial score (nSPS) is 11.3. The van der Waals surface area contributed by atoms with Crippen LogP contribution in [0.25, 0.3) is 0 Å². The van der Waals surface area contributed by atoms with Gasteiger partial charge < -0.3 is 14.8 Å². The van der Waals surface area contributed by atoms with Gasteiger partial charge in [0, 0.05) is 10.6 Å². The number of rotatable bonds is 8. The first-order valence-electron chi connectivity index (χ1n) is 7.87. The molecule has 0 aliphatic heterocycles. The molecular formula is C19H18ClNO5. The molecule has 0 bridgehead atoms. The van der Waals surface area contributed by atoms with Crippen molar-refractivity contribution in [3.05, 3.63) is 64.7 Å². The molecule has 2 rings (SSSR count). The van der Waals surface area contributed by atoms with Crippen LogP contribution in [0.2, 0.25) is 5.02 Å². The summed E-state index contributed by atoms with van der Waals surface area (Å²) in [5.41, 5.74) is 1.28. The zero-order valence-corrected chi connectivity index (χ0v) is 14.9. The first-order chi connectivity index (χ1) is 12.5. The molecule has 26 heavy (non-hydrogen) atoms. The van der Waals surface area contributed by atoms with Crippen LogP contribution in [0.4, 0.5) is 0 Å². The molecule has 0 aliphatic carbocycles. The average Bonchev–Trinajstić information content (AvgIpc) is 2.65. The van der Waals surface area contributed by atoms with Crippen molar-refractivity contribution in [1.29, 1.82) is 0 Å². The molecule has 0 unspecified atom stereocenters. The van der Waals surface area contributed by atoms with Gasteiger partial charge in [-0.1, -0.05) is 29.8 Å². The molecule has 0 saturated heterocycles. The van der Waals surface area contributed by atoms with Crippen molar-refractivity contribution in [3.8, 4) is 5.75 Å². The molecule has 0 heterocycles. The lowest BCUT2D eigenvalue weighted by molar-refractivity contribution is -0.150. The Morgan fingerprint density at radius 1 is 1.12 bits per heavy atom. The van der Waals surface area contributed by atoms with Crippen molar-refractivity contribution in [3.63, 3.8) is 0 Å². The molecule has 0 aliphatic rings. The Labute approximate surface area is 156 Å². The van der Waals surface area contributed by atoms with E-state index in [1.54, 1.807) is 43.3 Å². The minimum Gasteiger partial charge on any atom is -0.482 e. The number of hydrogen-bond donors (Lipinski definition) is 1. The van der Waals surface area contributed by atoms with E-state index in [1.807, 2.05) is 12.1 Å². The van der Waals surface area contributed by atoms with Crippen LogP contribution in [0, 0.1) is 0 Å².